The molecule has 290 valence electrons. The van der Waals surface area contributed by atoms with E-state index in [1.165, 1.54) is 12.1 Å². The Balaban J connectivity index is 1.66. The fourth-order valence-electron chi connectivity index (χ4n) is 8.46. The highest BCUT2D eigenvalue weighted by molar-refractivity contribution is 5.91. The van der Waals surface area contributed by atoms with Crippen molar-refractivity contribution in [2.75, 3.05) is 14.2 Å². The minimum Gasteiger partial charge on any atom is -0.468 e. The molecule has 3 fully saturated rings. The lowest BCUT2D eigenvalue weighted by Crippen LogP contribution is -2.47. The number of rotatable bonds is 8. The quantitative estimate of drug-likeness (QED) is 0.174. The van der Waals surface area contributed by atoms with Crippen molar-refractivity contribution in [2.24, 2.45) is 29.6 Å². The van der Waals surface area contributed by atoms with Crippen molar-refractivity contribution in [3.05, 3.63) is 70.8 Å². The molecule has 1 amide bonds. The number of alkyl halides is 6. The van der Waals surface area contributed by atoms with Gasteiger partial charge in [-0.3, -0.25) is 19.7 Å². The van der Waals surface area contributed by atoms with E-state index in [0.29, 0.717) is 6.42 Å². The van der Waals surface area contributed by atoms with Crippen molar-refractivity contribution >= 4 is 23.8 Å². The van der Waals surface area contributed by atoms with Gasteiger partial charge in [-0.15, -0.1) is 0 Å². The van der Waals surface area contributed by atoms with Crippen LogP contribution in [0.4, 0.5) is 26.3 Å². The van der Waals surface area contributed by atoms with Gasteiger partial charge in [-0.2, -0.15) is 26.3 Å². The van der Waals surface area contributed by atoms with Crippen LogP contribution in [0.25, 0.3) is 0 Å². The third-order valence-electron chi connectivity index (χ3n) is 11.0. The highest BCUT2D eigenvalue weighted by Crippen LogP contribution is 2.50. The van der Waals surface area contributed by atoms with Gasteiger partial charge in [0.1, 0.15) is 18.2 Å². The van der Waals surface area contributed by atoms with Gasteiger partial charge in [0.05, 0.1) is 43.2 Å². The summed E-state index contributed by atoms with van der Waals surface area (Å²) in [7, 11) is 2.07. The number of nitrogens with zero attached hydrogens (tertiary/aromatic N) is 1. The van der Waals surface area contributed by atoms with Crippen LogP contribution < -0.4 is 5.32 Å². The zero-order valence-corrected chi connectivity index (χ0v) is 30.0. The standard InChI is InChI=1S/C38H44F6N2O7/c1-19(2)21-15-14-20(3)16-30(21)53-34(48)25-18-29(36(50)52-5)46(32(25)23-11-7-9-13-27(23)38(42,43)44)33(47)24-17-28(35(49)51-4)45-31(24)22-10-6-8-12-26(22)37(39,40)41/h6-13,19-21,24-25,28-32,45H,14-18H2,1-5H3/t20-,21+,24-,25+,28-,29+,30-,31-,32+/m1/s1. The number of carbonyl (C=O) groups is 4. The summed E-state index contributed by atoms with van der Waals surface area (Å²) in [5.74, 6) is -6.65. The van der Waals surface area contributed by atoms with E-state index >= 15 is 0 Å². The van der Waals surface area contributed by atoms with Crippen LogP contribution in [0.5, 0.6) is 0 Å². The smallest absolute Gasteiger partial charge is 0.416 e. The first kappa shape index (κ1) is 40.1. The molecule has 0 aromatic heterocycles. The number of benzene rings is 2. The molecule has 9 nitrogen and oxygen atoms in total. The van der Waals surface area contributed by atoms with Gasteiger partial charge >= 0.3 is 30.3 Å². The van der Waals surface area contributed by atoms with E-state index in [0.717, 1.165) is 68.4 Å². The molecular formula is C38H44F6N2O7. The fourth-order valence-corrected chi connectivity index (χ4v) is 8.46. The molecule has 0 unspecified atom stereocenters. The molecule has 2 heterocycles. The summed E-state index contributed by atoms with van der Waals surface area (Å²) in [6.45, 7) is 5.98. The predicted molar refractivity (Wildman–Crippen MR) is 177 cm³/mol. The Hall–Kier alpha value is -4.14. The number of carbonyl (C=O) groups excluding carboxylic acids is 4. The second kappa shape index (κ2) is 15.7. The third-order valence-corrected chi connectivity index (χ3v) is 11.0. The Morgan fingerprint density at radius 2 is 1.32 bits per heavy atom. The number of esters is 3. The maximum atomic E-state index is 15.0. The number of ether oxygens (including phenoxy) is 3. The maximum absolute atomic E-state index is 15.0. The van der Waals surface area contributed by atoms with E-state index in [1.54, 1.807) is 0 Å². The van der Waals surface area contributed by atoms with Crippen LogP contribution in [0, 0.1) is 29.6 Å². The van der Waals surface area contributed by atoms with Gasteiger partial charge in [-0.1, -0.05) is 63.6 Å². The Kier molecular flexibility index (Phi) is 11.9. The molecule has 53 heavy (non-hydrogen) atoms. The van der Waals surface area contributed by atoms with Crippen LogP contribution in [0.3, 0.4) is 0 Å². The molecule has 3 aliphatic rings. The molecule has 5 rings (SSSR count). The first-order valence-electron chi connectivity index (χ1n) is 17.7. The fraction of sp³-hybridized carbons (Fsp3) is 0.579. The molecule has 0 spiro atoms. The Morgan fingerprint density at radius 1 is 0.755 bits per heavy atom. The number of likely N-dealkylation sites (tertiary alicyclic amines) is 1. The minimum absolute atomic E-state index is 0.0409. The summed E-state index contributed by atoms with van der Waals surface area (Å²) in [5, 5.41) is 2.77. The molecule has 15 heteroatoms. The van der Waals surface area contributed by atoms with Gasteiger partial charge in [0.25, 0.3) is 0 Å². The van der Waals surface area contributed by atoms with Crippen molar-refractivity contribution in [3.8, 4) is 0 Å². The first-order valence-corrected chi connectivity index (χ1v) is 17.7. The van der Waals surface area contributed by atoms with Crippen molar-refractivity contribution in [2.45, 2.75) is 95.5 Å². The summed E-state index contributed by atoms with van der Waals surface area (Å²) in [4.78, 5) is 56.4. The van der Waals surface area contributed by atoms with E-state index in [9.17, 15) is 45.5 Å². The van der Waals surface area contributed by atoms with Crippen LogP contribution in [0.2, 0.25) is 0 Å². The third kappa shape index (κ3) is 8.19. The summed E-state index contributed by atoms with van der Waals surface area (Å²) >= 11 is 0. The zero-order chi connectivity index (χ0) is 39.0. The number of hydrogen-bond acceptors (Lipinski definition) is 8. The van der Waals surface area contributed by atoms with E-state index in [1.807, 2.05) is 20.8 Å². The normalized spacial score (nSPS) is 29.2. The van der Waals surface area contributed by atoms with Crippen LogP contribution in [0.15, 0.2) is 48.5 Å². The summed E-state index contributed by atoms with van der Waals surface area (Å²) < 4.78 is 103. The highest BCUT2D eigenvalue weighted by Gasteiger charge is 2.57. The van der Waals surface area contributed by atoms with Gasteiger partial charge in [-0.05, 0) is 66.7 Å². The lowest BCUT2D eigenvalue weighted by atomic mass is 9.75. The molecule has 1 aliphatic carbocycles. The zero-order valence-electron chi connectivity index (χ0n) is 30.0. The van der Waals surface area contributed by atoms with Gasteiger partial charge in [0.2, 0.25) is 5.91 Å². The maximum Gasteiger partial charge on any atom is 0.416 e. The molecule has 0 radical (unpaired) electrons. The average Bonchev–Trinajstić information content (AvgIpc) is 3.73. The Labute approximate surface area is 303 Å². The summed E-state index contributed by atoms with van der Waals surface area (Å²) in [6, 6.07) is 2.58. The molecular weight excluding hydrogens is 710 g/mol. The molecule has 1 N–H and O–H groups in total. The largest absolute Gasteiger partial charge is 0.468 e. The van der Waals surface area contributed by atoms with Crippen molar-refractivity contribution in [1.82, 2.24) is 10.2 Å². The van der Waals surface area contributed by atoms with E-state index in [-0.39, 0.29) is 17.8 Å². The predicted octanol–water partition coefficient (Wildman–Crippen LogP) is 7.05. The first-order chi connectivity index (χ1) is 24.9. The molecule has 2 aromatic carbocycles. The summed E-state index contributed by atoms with van der Waals surface area (Å²) in [5.41, 5.74) is -3.17. The number of methoxy groups -OCH3 is 2. The van der Waals surface area contributed by atoms with Crippen molar-refractivity contribution in [3.63, 3.8) is 0 Å². The monoisotopic (exact) mass is 754 g/mol. The average molecular weight is 755 g/mol. The lowest BCUT2D eigenvalue weighted by Gasteiger charge is -2.38. The van der Waals surface area contributed by atoms with Crippen LogP contribution >= 0.6 is 0 Å². The highest BCUT2D eigenvalue weighted by atomic mass is 19.4. The molecule has 2 aliphatic heterocycles. The lowest BCUT2D eigenvalue weighted by molar-refractivity contribution is -0.163. The second-order valence-corrected chi connectivity index (χ2v) is 14.6. The van der Waals surface area contributed by atoms with Crippen molar-refractivity contribution < 1.29 is 59.7 Å². The molecule has 2 aromatic rings. The molecule has 2 saturated heterocycles. The van der Waals surface area contributed by atoms with Crippen LogP contribution in [-0.2, 0) is 45.7 Å². The summed E-state index contributed by atoms with van der Waals surface area (Å²) in [6.07, 6.45) is -9.16. The topological polar surface area (TPSA) is 111 Å². The van der Waals surface area contributed by atoms with Crippen molar-refractivity contribution in [1.29, 1.82) is 0 Å². The molecule has 9 atom stereocenters. The number of halogens is 6. The minimum atomic E-state index is -4.97. The number of nitrogens with one attached hydrogen (secondary N) is 1. The Morgan fingerprint density at radius 3 is 1.89 bits per heavy atom. The van der Waals surface area contributed by atoms with Crippen LogP contribution in [-0.4, -0.2) is 61.1 Å². The van der Waals surface area contributed by atoms with E-state index < -0.39 is 113 Å². The number of amides is 1. The van der Waals surface area contributed by atoms with Gasteiger partial charge in [-0.25, -0.2) is 4.79 Å². The SMILES string of the molecule is COC(=O)[C@H]1C[C@@H](C(=O)N2[C@H](C(=O)OC)C[C@H](C(=O)O[C@@H]3C[C@H](C)CC[C@H]3C(C)C)[C@@H]2c2ccccc2C(F)(F)F)[C@@H](c2ccccc2C(F)(F)F)N1. The van der Waals surface area contributed by atoms with Gasteiger partial charge < -0.3 is 19.1 Å². The van der Waals surface area contributed by atoms with Gasteiger partial charge in [0, 0.05) is 6.04 Å². The van der Waals surface area contributed by atoms with Gasteiger partial charge in [0.15, 0.2) is 0 Å². The molecule has 1 saturated carbocycles. The van der Waals surface area contributed by atoms with E-state index in [4.69, 9.17) is 14.2 Å². The number of hydrogen-bond donors (Lipinski definition) is 1. The van der Waals surface area contributed by atoms with Crippen LogP contribution in [0.1, 0.15) is 87.2 Å². The van der Waals surface area contributed by atoms with E-state index in [2.05, 4.69) is 5.32 Å². The second-order valence-electron chi connectivity index (χ2n) is 14.6. The Bertz CT molecular complexity index is 1680. The molecule has 0 bridgehead atoms.